The summed E-state index contributed by atoms with van der Waals surface area (Å²) in [6.07, 6.45) is -2.81. The molecule has 1 heterocycles. The van der Waals surface area contributed by atoms with Gasteiger partial charge in [0.05, 0.1) is 15.8 Å². The number of nitrogens with zero attached hydrogens (tertiary/aromatic N) is 2. The Kier molecular flexibility index (Phi) is 5.06. The van der Waals surface area contributed by atoms with Crippen molar-refractivity contribution in [2.45, 2.75) is 26.6 Å². The van der Waals surface area contributed by atoms with Gasteiger partial charge in [-0.05, 0) is 49.2 Å². The van der Waals surface area contributed by atoms with E-state index in [4.69, 9.17) is 0 Å². The highest BCUT2D eigenvalue weighted by Gasteiger charge is 2.30. The number of aryl methyl sites for hydroxylation is 2. The van der Waals surface area contributed by atoms with Crippen molar-refractivity contribution in [1.29, 1.82) is 0 Å². The Labute approximate surface area is 158 Å². The first-order chi connectivity index (χ1) is 12.7. The van der Waals surface area contributed by atoms with Crippen LogP contribution in [-0.2, 0) is 12.7 Å². The molecule has 2 aromatic carbocycles. The monoisotopic (exact) mass is 390 g/mol. The molecule has 0 radical (unpaired) electrons. The number of halogens is 3. The van der Waals surface area contributed by atoms with Crippen LogP contribution in [0.3, 0.4) is 0 Å². The van der Waals surface area contributed by atoms with Gasteiger partial charge in [0.2, 0.25) is 0 Å². The molecule has 0 atom stereocenters. The minimum Gasteiger partial charge on any atom is -0.312 e. The van der Waals surface area contributed by atoms with E-state index in [-0.39, 0.29) is 5.56 Å². The Balaban J connectivity index is 2.15. The predicted octanol–water partition coefficient (Wildman–Crippen LogP) is 5.27. The third-order valence-electron chi connectivity index (χ3n) is 4.06. The molecule has 3 aromatic rings. The summed E-state index contributed by atoms with van der Waals surface area (Å²) in [5.41, 5.74) is 2.10. The normalized spacial score (nSPS) is 12.6. The molecule has 1 aromatic heterocycles. The molecule has 3 nitrogen and oxygen atoms in total. The van der Waals surface area contributed by atoms with Crippen LogP contribution >= 0.6 is 11.3 Å². The van der Waals surface area contributed by atoms with Crippen molar-refractivity contribution in [3.63, 3.8) is 0 Å². The van der Waals surface area contributed by atoms with Crippen LogP contribution in [0.5, 0.6) is 0 Å². The number of fused-ring (bicyclic) bond motifs is 1. The number of benzene rings is 2. The molecule has 1 amide bonds. The summed E-state index contributed by atoms with van der Waals surface area (Å²) in [6, 6.07) is 8.34. The van der Waals surface area contributed by atoms with Gasteiger partial charge >= 0.3 is 6.18 Å². The number of carbonyl (C=O) groups is 1. The van der Waals surface area contributed by atoms with E-state index < -0.39 is 17.6 Å². The number of hydrogen-bond acceptors (Lipinski definition) is 2. The van der Waals surface area contributed by atoms with E-state index in [2.05, 4.69) is 11.6 Å². The summed E-state index contributed by atoms with van der Waals surface area (Å²) in [4.78, 5) is 17.0. The van der Waals surface area contributed by atoms with Crippen LogP contribution in [0.15, 0.2) is 54.0 Å². The summed E-state index contributed by atoms with van der Waals surface area (Å²) >= 11 is 1.33. The van der Waals surface area contributed by atoms with Crippen molar-refractivity contribution >= 4 is 27.5 Å². The molecule has 0 N–H and O–H groups in total. The maximum atomic E-state index is 12.9. The zero-order valence-corrected chi connectivity index (χ0v) is 15.6. The lowest BCUT2D eigenvalue weighted by Crippen LogP contribution is -2.17. The minimum absolute atomic E-state index is 0.0969. The summed E-state index contributed by atoms with van der Waals surface area (Å²) in [6.45, 7) is 8.13. The van der Waals surface area contributed by atoms with Gasteiger partial charge in [-0.3, -0.25) is 4.79 Å². The first-order valence-corrected chi connectivity index (χ1v) is 9.00. The molecule has 27 heavy (non-hydrogen) atoms. The van der Waals surface area contributed by atoms with Gasteiger partial charge in [0.1, 0.15) is 0 Å². The third-order valence-corrected chi connectivity index (χ3v) is 5.08. The van der Waals surface area contributed by atoms with Gasteiger partial charge in [-0.25, -0.2) is 0 Å². The highest BCUT2D eigenvalue weighted by Crippen LogP contribution is 2.29. The first-order valence-electron chi connectivity index (χ1n) is 8.18. The number of alkyl halides is 3. The molecule has 0 aliphatic carbocycles. The smallest absolute Gasteiger partial charge is 0.312 e. The van der Waals surface area contributed by atoms with Crippen molar-refractivity contribution in [1.82, 2.24) is 4.57 Å². The average Bonchev–Trinajstić information content (AvgIpc) is 2.92. The molecule has 3 rings (SSSR count). The molecule has 0 bridgehead atoms. The number of aromatic nitrogens is 1. The van der Waals surface area contributed by atoms with Crippen LogP contribution in [-0.4, -0.2) is 10.5 Å². The summed E-state index contributed by atoms with van der Waals surface area (Å²) in [5, 5.41) is 0. The predicted molar refractivity (Wildman–Crippen MR) is 101 cm³/mol. The fraction of sp³-hybridized carbons (Fsp3) is 0.200. The zero-order valence-electron chi connectivity index (χ0n) is 14.8. The van der Waals surface area contributed by atoms with Gasteiger partial charge < -0.3 is 4.57 Å². The van der Waals surface area contributed by atoms with Crippen LogP contribution in [0.25, 0.3) is 10.2 Å². The lowest BCUT2D eigenvalue weighted by atomic mass is 10.1. The Morgan fingerprint density at radius 1 is 1.26 bits per heavy atom. The molecule has 0 saturated heterocycles. The van der Waals surface area contributed by atoms with Gasteiger partial charge in [-0.1, -0.05) is 29.5 Å². The zero-order chi connectivity index (χ0) is 19.8. The Hall–Kier alpha value is -2.67. The van der Waals surface area contributed by atoms with E-state index in [1.165, 1.54) is 23.5 Å². The highest BCUT2D eigenvalue weighted by molar-refractivity contribution is 7.16. The lowest BCUT2D eigenvalue weighted by molar-refractivity contribution is -0.137. The van der Waals surface area contributed by atoms with E-state index in [0.717, 1.165) is 33.5 Å². The number of amides is 1. The number of rotatable bonds is 3. The molecule has 0 aliphatic heterocycles. The topological polar surface area (TPSA) is 34.4 Å². The third kappa shape index (κ3) is 3.88. The SMILES string of the molecule is C=CCn1c(=NC(=O)c2cccc(C(F)(F)F)c2)sc2cc(C)cc(C)c21. The standard InChI is InChI=1S/C20H17F3N2OS/c1-4-8-25-17-13(3)9-12(2)10-16(17)27-19(25)24-18(26)14-6-5-7-15(11-14)20(21,22)23/h4-7,9-11H,1,8H2,2-3H3. The Morgan fingerprint density at radius 3 is 2.67 bits per heavy atom. The molecule has 0 fully saturated rings. The van der Waals surface area contributed by atoms with E-state index in [1.54, 1.807) is 6.08 Å². The number of hydrogen-bond donors (Lipinski definition) is 0. The van der Waals surface area contributed by atoms with E-state index in [1.807, 2.05) is 30.5 Å². The van der Waals surface area contributed by atoms with Crippen molar-refractivity contribution in [2.75, 3.05) is 0 Å². The molecule has 0 saturated carbocycles. The summed E-state index contributed by atoms with van der Waals surface area (Å²) in [5.74, 6) is -0.708. The Morgan fingerprint density at radius 2 is 2.00 bits per heavy atom. The molecule has 7 heteroatoms. The van der Waals surface area contributed by atoms with Crippen LogP contribution in [0, 0.1) is 13.8 Å². The fourth-order valence-corrected chi connectivity index (χ4v) is 4.17. The van der Waals surface area contributed by atoms with Crippen LogP contribution in [0.4, 0.5) is 13.2 Å². The number of carbonyl (C=O) groups excluding carboxylic acids is 1. The second-order valence-corrected chi connectivity index (χ2v) is 7.22. The second-order valence-electron chi connectivity index (χ2n) is 6.21. The van der Waals surface area contributed by atoms with Crippen LogP contribution in [0.1, 0.15) is 27.0 Å². The van der Waals surface area contributed by atoms with Gasteiger partial charge in [-0.15, -0.1) is 6.58 Å². The molecular weight excluding hydrogens is 373 g/mol. The maximum Gasteiger partial charge on any atom is 0.416 e. The second kappa shape index (κ2) is 7.15. The summed E-state index contributed by atoms with van der Waals surface area (Å²) < 4.78 is 41.5. The molecule has 0 unspecified atom stereocenters. The molecule has 0 spiro atoms. The van der Waals surface area contributed by atoms with Crippen molar-refractivity contribution in [3.8, 4) is 0 Å². The number of thiazole rings is 1. The molecule has 0 aliphatic rings. The highest BCUT2D eigenvalue weighted by atomic mass is 32.1. The quantitative estimate of drug-likeness (QED) is 0.562. The van der Waals surface area contributed by atoms with Gasteiger partial charge in [0, 0.05) is 12.1 Å². The molecule has 140 valence electrons. The van der Waals surface area contributed by atoms with Crippen molar-refractivity contribution in [3.05, 3.63) is 76.1 Å². The van der Waals surface area contributed by atoms with Gasteiger partial charge in [0.25, 0.3) is 5.91 Å². The average molecular weight is 390 g/mol. The molecular formula is C20H17F3N2OS. The van der Waals surface area contributed by atoms with E-state index in [0.29, 0.717) is 11.3 Å². The van der Waals surface area contributed by atoms with Gasteiger partial charge in [-0.2, -0.15) is 18.2 Å². The van der Waals surface area contributed by atoms with Crippen LogP contribution in [0.2, 0.25) is 0 Å². The van der Waals surface area contributed by atoms with Crippen molar-refractivity contribution < 1.29 is 18.0 Å². The van der Waals surface area contributed by atoms with Crippen LogP contribution < -0.4 is 4.80 Å². The summed E-state index contributed by atoms with van der Waals surface area (Å²) in [7, 11) is 0. The number of allylic oxidation sites excluding steroid dienone is 1. The minimum atomic E-state index is -4.51. The Bertz CT molecular complexity index is 1110. The van der Waals surface area contributed by atoms with E-state index in [9.17, 15) is 18.0 Å². The first kappa shape index (κ1) is 19.1. The van der Waals surface area contributed by atoms with Crippen molar-refractivity contribution in [2.24, 2.45) is 4.99 Å². The van der Waals surface area contributed by atoms with E-state index >= 15 is 0 Å². The largest absolute Gasteiger partial charge is 0.416 e. The lowest BCUT2D eigenvalue weighted by Gasteiger charge is -2.07. The fourth-order valence-electron chi connectivity index (χ4n) is 2.96. The van der Waals surface area contributed by atoms with Gasteiger partial charge in [0.15, 0.2) is 4.80 Å². The maximum absolute atomic E-state index is 12.9.